The lowest BCUT2D eigenvalue weighted by Gasteiger charge is -2.21. The molecule has 4 N–H and O–H groups in total. The van der Waals surface area contributed by atoms with Crippen molar-refractivity contribution in [2.24, 2.45) is 0 Å². The lowest BCUT2D eigenvalue weighted by Crippen LogP contribution is -2.46. The molecular weight excluding hydrogens is 464 g/mol. The molecule has 10 heteroatoms. The van der Waals surface area contributed by atoms with Crippen molar-refractivity contribution >= 4 is 45.6 Å². The number of methoxy groups -OCH3 is 2. The zero-order valence-corrected chi connectivity index (χ0v) is 19.6. The van der Waals surface area contributed by atoms with Crippen molar-refractivity contribution in [1.82, 2.24) is 20.6 Å². The van der Waals surface area contributed by atoms with Gasteiger partial charge in [-0.1, -0.05) is 36.4 Å². The van der Waals surface area contributed by atoms with Gasteiger partial charge in [0.05, 0.1) is 14.2 Å². The predicted molar refractivity (Wildman–Crippen MR) is 131 cm³/mol. The lowest BCUT2D eigenvalue weighted by atomic mass is 9.98. The highest BCUT2D eigenvalue weighted by Crippen LogP contribution is 2.27. The normalized spacial score (nSPS) is 18.3. The smallest absolute Gasteiger partial charge is 0.328 e. The molecule has 0 saturated carbocycles. The third-order valence-electron chi connectivity index (χ3n) is 6.48. The van der Waals surface area contributed by atoms with Crippen LogP contribution in [0.25, 0.3) is 21.8 Å². The Hall–Kier alpha value is -4.60. The molecule has 184 valence electrons. The molecule has 0 aliphatic carbocycles. The Morgan fingerprint density at radius 2 is 1.08 bits per heavy atom. The van der Waals surface area contributed by atoms with E-state index in [2.05, 4.69) is 30.1 Å². The molecule has 0 fully saturated rings. The summed E-state index contributed by atoms with van der Waals surface area (Å²) in [7, 11) is 2.64. The van der Waals surface area contributed by atoms with Gasteiger partial charge in [0, 0.05) is 34.6 Å². The number of nitrogens with one attached hydrogen (secondary N) is 4. The third kappa shape index (κ3) is 3.96. The van der Waals surface area contributed by atoms with Crippen LogP contribution in [-0.4, -0.2) is 60.0 Å². The Balaban J connectivity index is 0.000000148. The van der Waals surface area contributed by atoms with Gasteiger partial charge in [0.2, 0.25) is 0 Å². The number of para-hydroxylation sites is 2. The van der Waals surface area contributed by atoms with E-state index in [1.54, 1.807) is 0 Å². The average molecular weight is 489 g/mol. The molecule has 36 heavy (non-hydrogen) atoms. The molecule has 0 bridgehead atoms. The number of ether oxygens (including phenoxy) is 2. The Labute approximate surface area is 205 Å². The van der Waals surface area contributed by atoms with E-state index >= 15 is 0 Å². The number of fused-ring (bicyclic) bond motifs is 6. The molecule has 6 rings (SSSR count). The molecule has 4 heterocycles. The summed E-state index contributed by atoms with van der Waals surface area (Å²) in [5.41, 5.74) is 4.65. The van der Waals surface area contributed by atoms with Crippen LogP contribution in [0.1, 0.15) is 32.1 Å². The number of carbonyl (C=O) groups excluding carboxylic acids is 4. The minimum Gasteiger partial charge on any atom is -0.467 e. The first-order valence-electron chi connectivity index (χ1n) is 11.4. The minimum atomic E-state index is -0.603. The zero-order chi connectivity index (χ0) is 25.4. The van der Waals surface area contributed by atoms with Crippen molar-refractivity contribution in [2.45, 2.75) is 24.9 Å². The minimum absolute atomic E-state index is 0.261. The first-order valence-corrected chi connectivity index (χ1v) is 11.4. The summed E-state index contributed by atoms with van der Waals surface area (Å²) < 4.78 is 9.36. The van der Waals surface area contributed by atoms with Gasteiger partial charge in [-0.05, 0) is 23.3 Å². The van der Waals surface area contributed by atoms with Crippen molar-refractivity contribution in [1.29, 1.82) is 0 Å². The van der Waals surface area contributed by atoms with Gasteiger partial charge < -0.3 is 30.1 Å². The number of benzene rings is 2. The summed E-state index contributed by atoms with van der Waals surface area (Å²) in [6.07, 6.45) is 0.912. The van der Waals surface area contributed by atoms with E-state index in [9.17, 15) is 19.2 Å². The van der Waals surface area contributed by atoms with Crippen molar-refractivity contribution in [3.63, 3.8) is 0 Å². The molecular formula is C26H24N4O6. The van der Waals surface area contributed by atoms with Gasteiger partial charge in [-0.3, -0.25) is 9.59 Å². The molecule has 4 aromatic rings. The number of hydrogen-bond donors (Lipinski definition) is 4. The molecule has 2 aliphatic heterocycles. The SMILES string of the molecule is COC(=O)[C@@H]1Cc2c([nH]c3ccccc23)C(=O)N1.COC(=O)[C@@H]1Cc2c([nH]c3ccccc23)C(=O)N1. The molecule has 2 amide bonds. The number of amides is 2. The van der Waals surface area contributed by atoms with Gasteiger partial charge >= 0.3 is 11.9 Å². The Morgan fingerprint density at radius 3 is 1.47 bits per heavy atom. The maximum Gasteiger partial charge on any atom is 0.328 e. The van der Waals surface area contributed by atoms with Gasteiger partial charge in [0.25, 0.3) is 11.8 Å². The van der Waals surface area contributed by atoms with Crippen LogP contribution in [0.5, 0.6) is 0 Å². The van der Waals surface area contributed by atoms with E-state index in [4.69, 9.17) is 0 Å². The fraction of sp³-hybridized carbons (Fsp3) is 0.231. The molecule has 0 saturated heterocycles. The third-order valence-corrected chi connectivity index (χ3v) is 6.48. The second-order valence-electron chi connectivity index (χ2n) is 8.55. The van der Waals surface area contributed by atoms with E-state index in [0.29, 0.717) is 24.2 Å². The van der Waals surface area contributed by atoms with Crippen LogP contribution in [0.15, 0.2) is 48.5 Å². The van der Waals surface area contributed by atoms with Gasteiger partial charge in [-0.15, -0.1) is 0 Å². The molecule has 2 atom stereocenters. The summed E-state index contributed by atoms with van der Waals surface area (Å²) in [6, 6.07) is 14.1. The number of aromatic amines is 2. The number of aromatic nitrogens is 2. The van der Waals surface area contributed by atoms with Crippen LogP contribution in [0.4, 0.5) is 0 Å². The second-order valence-corrected chi connectivity index (χ2v) is 8.55. The molecule has 10 nitrogen and oxygen atoms in total. The van der Waals surface area contributed by atoms with Gasteiger partial charge in [0.1, 0.15) is 23.5 Å². The van der Waals surface area contributed by atoms with Crippen LogP contribution in [0.3, 0.4) is 0 Å². The molecule has 0 spiro atoms. The number of hydrogen-bond acceptors (Lipinski definition) is 6. The Kier molecular flexibility index (Phi) is 5.93. The summed E-state index contributed by atoms with van der Waals surface area (Å²) in [4.78, 5) is 53.1. The van der Waals surface area contributed by atoms with E-state index in [1.165, 1.54) is 14.2 Å². The van der Waals surface area contributed by atoms with Gasteiger partial charge in [-0.2, -0.15) is 0 Å². The molecule has 2 aromatic heterocycles. The van der Waals surface area contributed by atoms with Crippen molar-refractivity contribution < 1.29 is 28.7 Å². The Bertz CT molecular complexity index is 1400. The second kappa shape index (κ2) is 9.21. The van der Waals surface area contributed by atoms with Crippen molar-refractivity contribution in [2.75, 3.05) is 14.2 Å². The average Bonchev–Trinajstić information content (AvgIpc) is 3.47. The highest BCUT2D eigenvalue weighted by molar-refractivity contribution is 6.05. The fourth-order valence-corrected chi connectivity index (χ4v) is 4.75. The summed E-state index contributed by atoms with van der Waals surface area (Å²) in [5.74, 6) is -1.36. The highest BCUT2D eigenvalue weighted by Gasteiger charge is 2.33. The summed E-state index contributed by atoms with van der Waals surface area (Å²) in [5, 5.41) is 7.24. The van der Waals surface area contributed by atoms with Crippen LogP contribution in [-0.2, 0) is 31.9 Å². The van der Waals surface area contributed by atoms with Crippen LogP contribution < -0.4 is 10.6 Å². The molecule has 0 unspecified atom stereocenters. The van der Waals surface area contributed by atoms with E-state index in [-0.39, 0.29) is 11.8 Å². The predicted octanol–water partition coefficient (Wildman–Crippen LogP) is 1.99. The first kappa shape index (κ1) is 23.2. The van der Waals surface area contributed by atoms with Gasteiger partial charge in [0.15, 0.2) is 0 Å². The molecule has 0 radical (unpaired) electrons. The van der Waals surface area contributed by atoms with Crippen molar-refractivity contribution in [3.8, 4) is 0 Å². The quantitative estimate of drug-likeness (QED) is 0.318. The van der Waals surface area contributed by atoms with E-state index in [0.717, 1.165) is 32.9 Å². The van der Waals surface area contributed by atoms with Crippen molar-refractivity contribution in [3.05, 3.63) is 71.0 Å². The van der Waals surface area contributed by atoms with E-state index in [1.807, 2.05) is 48.5 Å². The maximum absolute atomic E-state index is 11.9. The zero-order valence-electron chi connectivity index (χ0n) is 19.6. The lowest BCUT2D eigenvalue weighted by molar-refractivity contribution is -0.143. The molecule has 2 aromatic carbocycles. The van der Waals surface area contributed by atoms with Gasteiger partial charge in [-0.25, -0.2) is 9.59 Å². The standard InChI is InChI=1S/2C13H12N2O3/c2*1-18-13(17)10-6-8-7-4-2-3-5-9(7)14-11(8)12(16)15-10/h2*2-5,10,14H,6H2,1H3,(H,15,16)/t2*10-/m00/s1. The number of rotatable bonds is 2. The number of esters is 2. The van der Waals surface area contributed by atoms with Crippen LogP contribution >= 0.6 is 0 Å². The molecule has 2 aliphatic rings. The first-order chi connectivity index (χ1) is 17.4. The van der Waals surface area contributed by atoms with E-state index < -0.39 is 24.0 Å². The number of H-pyrrole nitrogens is 2. The maximum atomic E-state index is 11.9. The Morgan fingerprint density at radius 1 is 0.694 bits per heavy atom. The summed E-state index contributed by atoms with van der Waals surface area (Å²) in [6.45, 7) is 0. The highest BCUT2D eigenvalue weighted by atomic mass is 16.5. The van der Waals surface area contributed by atoms with Crippen LogP contribution in [0.2, 0.25) is 0 Å². The largest absolute Gasteiger partial charge is 0.467 e. The topological polar surface area (TPSA) is 142 Å². The summed E-state index contributed by atoms with van der Waals surface area (Å²) >= 11 is 0. The monoisotopic (exact) mass is 488 g/mol. The number of carbonyl (C=O) groups is 4. The van der Waals surface area contributed by atoms with Crippen LogP contribution in [0, 0.1) is 0 Å². The fourth-order valence-electron chi connectivity index (χ4n) is 4.75.